The van der Waals surface area contributed by atoms with Crippen molar-refractivity contribution in [1.29, 1.82) is 0 Å². The third-order valence-corrected chi connectivity index (χ3v) is 2.69. The molecule has 0 aliphatic carbocycles. The number of nitrogens with one attached hydrogen (secondary N) is 1. The zero-order valence-corrected chi connectivity index (χ0v) is 10.8. The first-order valence-corrected chi connectivity index (χ1v) is 5.49. The van der Waals surface area contributed by atoms with Crippen LogP contribution in [-0.2, 0) is 11.8 Å². The molecule has 1 amide bonds. The first-order valence-electron chi connectivity index (χ1n) is 5.49. The van der Waals surface area contributed by atoms with E-state index in [1.165, 1.54) is 7.05 Å². The molecule has 0 aromatic carbocycles. The van der Waals surface area contributed by atoms with Gasteiger partial charge in [-0.05, 0) is 19.4 Å². The molecular weight excluding hydrogens is 254 g/mol. The summed E-state index contributed by atoms with van der Waals surface area (Å²) in [5.41, 5.74) is 0.259. The SMILES string of the molecule is Cc1nn(C)c(=O)c(C(=O)NCC(O)C(=O)O)c1C. The minimum atomic E-state index is -1.71. The zero-order valence-electron chi connectivity index (χ0n) is 10.8. The Kier molecular flexibility index (Phi) is 4.38. The molecule has 19 heavy (non-hydrogen) atoms. The Morgan fingerprint density at radius 1 is 1.42 bits per heavy atom. The van der Waals surface area contributed by atoms with Crippen molar-refractivity contribution >= 4 is 11.9 Å². The Bertz CT molecular complexity index is 578. The van der Waals surface area contributed by atoms with Crippen LogP contribution in [0.25, 0.3) is 0 Å². The number of hydrogen-bond donors (Lipinski definition) is 3. The number of aliphatic hydroxyl groups is 1. The third-order valence-electron chi connectivity index (χ3n) is 2.69. The number of aromatic nitrogens is 2. The second kappa shape index (κ2) is 5.61. The van der Waals surface area contributed by atoms with Crippen LogP contribution < -0.4 is 10.9 Å². The van der Waals surface area contributed by atoms with Crippen LogP contribution in [-0.4, -0.2) is 44.5 Å². The predicted molar refractivity (Wildman–Crippen MR) is 64.9 cm³/mol. The Morgan fingerprint density at radius 2 is 2.00 bits per heavy atom. The molecule has 8 heteroatoms. The molecule has 0 aliphatic rings. The molecule has 1 atom stereocenters. The molecule has 0 fully saturated rings. The number of carboxylic acid groups (broad SMARTS) is 1. The van der Waals surface area contributed by atoms with Gasteiger partial charge < -0.3 is 15.5 Å². The maximum atomic E-state index is 11.9. The van der Waals surface area contributed by atoms with Crippen molar-refractivity contribution in [3.05, 3.63) is 27.2 Å². The summed E-state index contributed by atoms with van der Waals surface area (Å²) in [6.07, 6.45) is -1.71. The summed E-state index contributed by atoms with van der Waals surface area (Å²) in [5.74, 6) is -2.18. The lowest BCUT2D eigenvalue weighted by atomic mass is 10.1. The van der Waals surface area contributed by atoms with E-state index in [-0.39, 0.29) is 5.56 Å². The molecule has 0 aliphatic heterocycles. The molecule has 1 unspecified atom stereocenters. The van der Waals surface area contributed by atoms with Crippen molar-refractivity contribution < 1.29 is 19.8 Å². The second-order valence-electron chi connectivity index (χ2n) is 4.08. The monoisotopic (exact) mass is 269 g/mol. The van der Waals surface area contributed by atoms with Gasteiger partial charge in [-0.3, -0.25) is 9.59 Å². The number of aliphatic carboxylic acids is 1. The number of rotatable bonds is 4. The van der Waals surface area contributed by atoms with Gasteiger partial charge >= 0.3 is 5.97 Å². The molecule has 3 N–H and O–H groups in total. The molecule has 0 saturated heterocycles. The van der Waals surface area contributed by atoms with Crippen LogP contribution in [0.15, 0.2) is 4.79 Å². The quantitative estimate of drug-likeness (QED) is 0.616. The first kappa shape index (κ1) is 14.8. The van der Waals surface area contributed by atoms with Gasteiger partial charge in [0.05, 0.1) is 12.2 Å². The molecule has 1 aromatic rings. The Labute approximate surface area is 108 Å². The lowest BCUT2D eigenvalue weighted by Gasteiger charge is -2.11. The van der Waals surface area contributed by atoms with Gasteiger partial charge in [-0.2, -0.15) is 5.10 Å². The summed E-state index contributed by atoms with van der Waals surface area (Å²) < 4.78 is 1.03. The van der Waals surface area contributed by atoms with Crippen molar-refractivity contribution in [2.75, 3.05) is 6.54 Å². The van der Waals surface area contributed by atoms with Crippen molar-refractivity contribution in [2.24, 2.45) is 7.05 Å². The van der Waals surface area contributed by atoms with Crippen LogP contribution in [0, 0.1) is 13.8 Å². The van der Waals surface area contributed by atoms with Crippen molar-refractivity contribution in [1.82, 2.24) is 15.1 Å². The number of aliphatic hydroxyl groups excluding tert-OH is 1. The summed E-state index contributed by atoms with van der Waals surface area (Å²) >= 11 is 0. The van der Waals surface area contributed by atoms with E-state index in [9.17, 15) is 14.4 Å². The third kappa shape index (κ3) is 3.16. The van der Waals surface area contributed by atoms with Gasteiger partial charge in [0.25, 0.3) is 11.5 Å². The van der Waals surface area contributed by atoms with Gasteiger partial charge in [0.15, 0.2) is 6.10 Å². The molecule has 0 radical (unpaired) electrons. The number of nitrogens with zero attached hydrogens (tertiary/aromatic N) is 2. The standard InChI is InChI=1S/C11H15N3O5/c1-5-6(2)13-14(3)10(17)8(5)9(16)12-4-7(15)11(18)19/h7,15H,4H2,1-3H3,(H,12,16)(H,18,19). The van der Waals surface area contributed by atoms with E-state index in [4.69, 9.17) is 10.2 Å². The van der Waals surface area contributed by atoms with Crippen LogP contribution in [0.1, 0.15) is 21.6 Å². The summed E-state index contributed by atoms with van der Waals surface area (Å²) in [7, 11) is 1.41. The van der Waals surface area contributed by atoms with Gasteiger partial charge in [-0.25, -0.2) is 9.48 Å². The highest BCUT2D eigenvalue weighted by Crippen LogP contribution is 2.05. The summed E-state index contributed by atoms with van der Waals surface area (Å²) in [4.78, 5) is 34.1. The number of aryl methyl sites for hydroxylation is 2. The highest BCUT2D eigenvalue weighted by Gasteiger charge is 2.20. The molecule has 1 heterocycles. The number of amides is 1. The van der Waals surface area contributed by atoms with Crippen molar-refractivity contribution in [3.63, 3.8) is 0 Å². The maximum absolute atomic E-state index is 11.9. The van der Waals surface area contributed by atoms with E-state index in [1.807, 2.05) is 0 Å². The molecular formula is C11H15N3O5. The second-order valence-corrected chi connectivity index (χ2v) is 4.08. The first-order chi connectivity index (χ1) is 8.75. The molecule has 0 saturated carbocycles. The van der Waals surface area contributed by atoms with Crippen LogP contribution in [0.4, 0.5) is 0 Å². The summed E-state index contributed by atoms with van der Waals surface area (Å²) in [6, 6.07) is 0. The molecule has 1 rings (SSSR count). The fourth-order valence-corrected chi connectivity index (χ4v) is 1.48. The van der Waals surface area contributed by atoms with E-state index >= 15 is 0 Å². The molecule has 1 aromatic heterocycles. The number of carboxylic acids is 1. The Morgan fingerprint density at radius 3 is 2.53 bits per heavy atom. The highest BCUT2D eigenvalue weighted by molar-refractivity contribution is 5.95. The Hall–Kier alpha value is -2.22. The van der Waals surface area contributed by atoms with Gasteiger partial charge in [0.2, 0.25) is 0 Å². The van der Waals surface area contributed by atoms with Crippen LogP contribution in [0.5, 0.6) is 0 Å². The fraction of sp³-hybridized carbons (Fsp3) is 0.455. The van der Waals surface area contributed by atoms with E-state index in [2.05, 4.69) is 10.4 Å². The number of hydrogen-bond acceptors (Lipinski definition) is 5. The molecule has 104 valence electrons. The minimum absolute atomic E-state index is 0.104. The number of carbonyl (C=O) groups is 2. The summed E-state index contributed by atoms with van der Waals surface area (Å²) in [6.45, 7) is 2.75. The fourth-order valence-electron chi connectivity index (χ4n) is 1.48. The number of carbonyl (C=O) groups excluding carboxylic acids is 1. The average Bonchev–Trinajstić information content (AvgIpc) is 2.33. The summed E-state index contributed by atoms with van der Waals surface area (Å²) in [5, 5.41) is 23.7. The van der Waals surface area contributed by atoms with Crippen LogP contribution in [0.3, 0.4) is 0 Å². The zero-order chi connectivity index (χ0) is 14.7. The van der Waals surface area contributed by atoms with E-state index < -0.39 is 30.1 Å². The average molecular weight is 269 g/mol. The lowest BCUT2D eigenvalue weighted by molar-refractivity contribution is -0.146. The van der Waals surface area contributed by atoms with Gasteiger partial charge in [0, 0.05) is 7.05 Å². The normalized spacial score (nSPS) is 12.0. The smallest absolute Gasteiger partial charge is 0.334 e. The van der Waals surface area contributed by atoms with E-state index in [0.717, 1.165) is 4.68 Å². The largest absolute Gasteiger partial charge is 0.479 e. The topological polar surface area (TPSA) is 122 Å². The Balaban J connectivity index is 3.01. The van der Waals surface area contributed by atoms with Crippen LogP contribution >= 0.6 is 0 Å². The molecule has 0 bridgehead atoms. The molecule has 8 nitrogen and oxygen atoms in total. The minimum Gasteiger partial charge on any atom is -0.479 e. The van der Waals surface area contributed by atoms with Gasteiger partial charge in [-0.1, -0.05) is 0 Å². The van der Waals surface area contributed by atoms with E-state index in [0.29, 0.717) is 11.3 Å². The van der Waals surface area contributed by atoms with Gasteiger partial charge in [-0.15, -0.1) is 0 Å². The maximum Gasteiger partial charge on any atom is 0.334 e. The molecule has 0 spiro atoms. The lowest BCUT2D eigenvalue weighted by Crippen LogP contribution is -2.40. The van der Waals surface area contributed by atoms with Crippen molar-refractivity contribution in [3.8, 4) is 0 Å². The highest BCUT2D eigenvalue weighted by atomic mass is 16.4. The van der Waals surface area contributed by atoms with Crippen LogP contribution in [0.2, 0.25) is 0 Å². The van der Waals surface area contributed by atoms with E-state index in [1.54, 1.807) is 13.8 Å². The van der Waals surface area contributed by atoms with Gasteiger partial charge in [0.1, 0.15) is 5.56 Å². The van der Waals surface area contributed by atoms with Crippen molar-refractivity contribution in [2.45, 2.75) is 20.0 Å². The predicted octanol–water partition coefficient (Wildman–Crippen LogP) is -1.43.